The Hall–Kier alpha value is -1.42. The molecule has 15 heavy (non-hydrogen) atoms. The molecular weight excluding hydrogens is 192 g/mol. The van der Waals surface area contributed by atoms with Gasteiger partial charge in [-0.25, -0.2) is 5.43 Å². The second kappa shape index (κ2) is 3.98. The molecule has 0 saturated heterocycles. The fraction of sp³-hybridized carbons (Fsp3) is 0.455. The fourth-order valence-corrected chi connectivity index (χ4v) is 1.41. The molecule has 0 aliphatic rings. The number of benzene rings is 1. The Morgan fingerprint density at radius 2 is 1.67 bits per heavy atom. The Morgan fingerprint density at radius 1 is 1.07 bits per heavy atom. The van der Waals surface area contributed by atoms with Crippen molar-refractivity contribution >= 4 is 5.69 Å². The van der Waals surface area contributed by atoms with Crippen molar-refractivity contribution in [1.29, 1.82) is 0 Å². The van der Waals surface area contributed by atoms with E-state index in [0.29, 0.717) is 5.69 Å². The van der Waals surface area contributed by atoms with E-state index in [2.05, 4.69) is 10.9 Å². The SMILES string of the molecule is CNNc1cc(C(C)(C)C)c(O)cc1O. The summed E-state index contributed by atoms with van der Waals surface area (Å²) >= 11 is 0. The highest BCUT2D eigenvalue weighted by molar-refractivity contribution is 5.61. The summed E-state index contributed by atoms with van der Waals surface area (Å²) < 4.78 is 0. The van der Waals surface area contributed by atoms with Crippen molar-refractivity contribution in [3.8, 4) is 11.5 Å². The standard InChI is InChI=1S/C11H18N2O2/c1-11(2,3)7-5-8(13-12-4)10(15)6-9(7)14/h5-6,12-15H,1-4H3. The predicted octanol–water partition coefficient (Wildman–Crippen LogP) is 1.94. The van der Waals surface area contributed by atoms with Crippen LogP contribution >= 0.6 is 0 Å². The van der Waals surface area contributed by atoms with Crippen LogP contribution in [0.1, 0.15) is 26.3 Å². The number of nitrogens with one attached hydrogen (secondary N) is 2. The zero-order chi connectivity index (χ0) is 11.6. The summed E-state index contributed by atoms with van der Waals surface area (Å²) in [5.41, 5.74) is 6.72. The number of hydrogen-bond donors (Lipinski definition) is 4. The van der Waals surface area contributed by atoms with Gasteiger partial charge in [0.1, 0.15) is 11.5 Å². The van der Waals surface area contributed by atoms with E-state index in [9.17, 15) is 10.2 Å². The van der Waals surface area contributed by atoms with Crippen molar-refractivity contribution in [2.45, 2.75) is 26.2 Å². The van der Waals surface area contributed by atoms with Gasteiger partial charge in [-0.1, -0.05) is 20.8 Å². The summed E-state index contributed by atoms with van der Waals surface area (Å²) in [6, 6.07) is 3.08. The Morgan fingerprint density at radius 3 is 2.13 bits per heavy atom. The third kappa shape index (κ3) is 2.53. The summed E-state index contributed by atoms with van der Waals surface area (Å²) in [4.78, 5) is 0. The van der Waals surface area contributed by atoms with E-state index in [4.69, 9.17) is 0 Å². The first-order valence-corrected chi connectivity index (χ1v) is 4.85. The molecule has 0 heterocycles. The van der Waals surface area contributed by atoms with Gasteiger partial charge in [0, 0.05) is 18.7 Å². The average molecular weight is 210 g/mol. The zero-order valence-corrected chi connectivity index (χ0v) is 9.55. The molecule has 1 aromatic carbocycles. The van der Waals surface area contributed by atoms with Crippen LogP contribution in [0.25, 0.3) is 0 Å². The van der Waals surface area contributed by atoms with Crippen LogP contribution in [-0.2, 0) is 5.41 Å². The molecule has 1 rings (SSSR count). The molecule has 0 atom stereocenters. The molecule has 0 aromatic heterocycles. The van der Waals surface area contributed by atoms with E-state index < -0.39 is 0 Å². The number of phenolic OH excluding ortho intramolecular Hbond substituents is 2. The van der Waals surface area contributed by atoms with Crippen molar-refractivity contribution in [2.24, 2.45) is 0 Å². The van der Waals surface area contributed by atoms with Gasteiger partial charge >= 0.3 is 0 Å². The van der Waals surface area contributed by atoms with Crippen LogP contribution in [0.2, 0.25) is 0 Å². The van der Waals surface area contributed by atoms with E-state index in [1.54, 1.807) is 13.1 Å². The molecule has 4 nitrogen and oxygen atoms in total. The average Bonchev–Trinajstić information content (AvgIpc) is 2.07. The van der Waals surface area contributed by atoms with Crippen molar-refractivity contribution in [1.82, 2.24) is 5.43 Å². The summed E-state index contributed by atoms with van der Waals surface area (Å²) in [5, 5.41) is 19.3. The van der Waals surface area contributed by atoms with Gasteiger partial charge in [-0.05, 0) is 11.5 Å². The lowest BCUT2D eigenvalue weighted by Crippen LogP contribution is -2.17. The van der Waals surface area contributed by atoms with Gasteiger partial charge in [0.15, 0.2) is 0 Å². The lowest BCUT2D eigenvalue weighted by Gasteiger charge is -2.22. The molecule has 0 spiro atoms. The summed E-state index contributed by atoms with van der Waals surface area (Å²) in [5.74, 6) is 0.136. The van der Waals surface area contributed by atoms with Gasteiger partial charge in [0.25, 0.3) is 0 Å². The van der Waals surface area contributed by atoms with Crippen LogP contribution in [0, 0.1) is 0 Å². The molecule has 4 N–H and O–H groups in total. The van der Waals surface area contributed by atoms with Gasteiger partial charge in [0.05, 0.1) is 5.69 Å². The second-order valence-electron chi connectivity index (χ2n) is 4.51. The third-order valence-electron chi connectivity index (χ3n) is 2.18. The molecule has 0 aliphatic heterocycles. The monoisotopic (exact) mass is 210 g/mol. The highest BCUT2D eigenvalue weighted by Crippen LogP contribution is 2.37. The van der Waals surface area contributed by atoms with Crippen molar-refractivity contribution in [3.05, 3.63) is 17.7 Å². The number of phenols is 2. The molecule has 84 valence electrons. The lowest BCUT2D eigenvalue weighted by molar-refractivity contribution is 0.432. The van der Waals surface area contributed by atoms with E-state index in [-0.39, 0.29) is 16.9 Å². The van der Waals surface area contributed by atoms with E-state index in [0.717, 1.165) is 5.56 Å². The van der Waals surface area contributed by atoms with E-state index in [1.807, 2.05) is 20.8 Å². The van der Waals surface area contributed by atoms with Gasteiger partial charge in [-0.2, -0.15) is 0 Å². The van der Waals surface area contributed by atoms with Crippen molar-refractivity contribution in [2.75, 3.05) is 12.5 Å². The van der Waals surface area contributed by atoms with Crippen LogP contribution in [-0.4, -0.2) is 17.3 Å². The molecule has 0 aliphatic carbocycles. The maximum atomic E-state index is 9.71. The van der Waals surface area contributed by atoms with Gasteiger partial charge in [-0.15, -0.1) is 0 Å². The van der Waals surface area contributed by atoms with Crippen LogP contribution in [0.15, 0.2) is 12.1 Å². The summed E-state index contributed by atoms with van der Waals surface area (Å²) in [7, 11) is 1.71. The molecule has 0 unspecified atom stereocenters. The van der Waals surface area contributed by atoms with E-state index in [1.165, 1.54) is 6.07 Å². The van der Waals surface area contributed by atoms with Crippen LogP contribution < -0.4 is 10.9 Å². The summed E-state index contributed by atoms with van der Waals surface area (Å²) in [6.07, 6.45) is 0. The largest absolute Gasteiger partial charge is 0.508 e. The molecule has 0 amide bonds. The molecule has 4 heteroatoms. The van der Waals surface area contributed by atoms with Crippen LogP contribution in [0.3, 0.4) is 0 Å². The molecule has 0 radical (unpaired) electrons. The number of aromatic hydroxyl groups is 2. The second-order valence-corrected chi connectivity index (χ2v) is 4.51. The molecule has 0 fully saturated rings. The molecule has 1 aromatic rings. The fourth-order valence-electron chi connectivity index (χ4n) is 1.41. The van der Waals surface area contributed by atoms with Gasteiger partial charge < -0.3 is 15.6 Å². The Kier molecular flexibility index (Phi) is 3.09. The molecule has 0 bridgehead atoms. The zero-order valence-electron chi connectivity index (χ0n) is 9.55. The topological polar surface area (TPSA) is 64.5 Å². The first kappa shape index (κ1) is 11.7. The Balaban J connectivity index is 3.23. The Labute approximate surface area is 89.9 Å². The van der Waals surface area contributed by atoms with Crippen molar-refractivity contribution in [3.63, 3.8) is 0 Å². The number of anilines is 1. The maximum Gasteiger partial charge on any atom is 0.143 e. The minimum atomic E-state index is -0.165. The number of hydrazine groups is 1. The molecular formula is C11H18N2O2. The van der Waals surface area contributed by atoms with E-state index >= 15 is 0 Å². The number of hydrogen-bond acceptors (Lipinski definition) is 4. The minimum Gasteiger partial charge on any atom is -0.508 e. The normalized spacial score (nSPS) is 11.5. The summed E-state index contributed by atoms with van der Waals surface area (Å²) in [6.45, 7) is 6.01. The highest BCUT2D eigenvalue weighted by Gasteiger charge is 2.20. The van der Waals surface area contributed by atoms with Gasteiger partial charge in [0.2, 0.25) is 0 Å². The van der Waals surface area contributed by atoms with Crippen molar-refractivity contribution < 1.29 is 10.2 Å². The quantitative estimate of drug-likeness (QED) is 0.342. The third-order valence-corrected chi connectivity index (χ3v) is 2.18. The molecule has 0 saturated carbocycles. The minimum absolute atomic E-state index is 0.0230. The van der Waals surface area contributed by atoms with Gasteiger partial charge in [-0.3, -0.25) is 0 Å². The smallest absolute Gasteiger partial charge is 0.143 e. The highest BCUT2D eigenvalue weighted by atomic mass is 16.3. The van der Waals surface area contributed by atoms with Crippen LogP contribution in [0.5, 0.6) is 11.5 Å². The predicted molar refractivity (Wildman–Crippen MR) is 61.2 cm³/mol. The van der Waals surface area contributed by atoms with Crippen LogP contribution in [0.4, 0.5) is 5.69 Å². The Bertz CT molecular complexity index is 356. The first-order valence-electron chi connectivity index (χ1n) is 4.85. The maximum absolute atomic E-state index is 9.71. The first-order chi connectivity index (χ1) is 6.86. The number of rotatable bonds is 2. The lowest BCUT2D eigenvalue weighted by atomic mass is 9.86.